The fourth-order valence-corrected chi connectivity index (χ4v) is 2.66. The van der Waals surface area contributed by atoms with Gasteiger partial charge in [-0.1, -0.05) is 0 Å². The van der Waals surface area contributed by atoms with Crippen LogP contribution in [-0.4, -0.2) is 55.6 Å². The number of carbonyl (C=O) groups excluding carboxylic acids is 1. The summed E-state index contributed by atoms with van der Waals surface area (Å²) in [5.41, 5.74) is 0. The van der Waals surface area contributed by atoms with E-state index in [1.807, 2.05) is 11.8 Å². The molecule has 2 rings (SSSR count). The van der Waals surface area contributed by atoms with Crippen molar-refractivity contribution in [2.75, 3.05) is 39.8 Å². The van der Waals surface area contributed by atoms with Crippen molar-refractivity contribution in [1.82, 2.24) is 15.1 Å². The zero-order valence-corrected chi connectivity index (χ0v) is 8.99. The van der Waals surface area contributed by atoms with Crippen LogP contribution in [-0.2, 0) is 0 Å². The molecule has 2 unspecified atom stereocenters. The predicted octanol–water partition coefficient (Wildman–Crippen LogP) is 0.209. The van der Waals surface area contributed by atoms with Crippen molar-refractivity contribution in [2.45, 2.75) is 6.92 Å². The van der Waals surface area contributed by atoms with E-state index in [2.05, 4.69) is 17.3 Å². The predicted molar refractivity (Wildman–Crippen MR) is 55.1 cm³/mol. The lowest BCUT2D eigenvalue weighted by Gasteiger charge is -2.19. The van der Waals surface area contributed by atoms with Gasteiger partial charge in [-0.25, -0.2) is 4.79 Å². The number of likely N-dealkylation sites (tertiary alicyclic amines) is 2. The number of amides is 2. The van der Waals surface area contributed by atoms with Crippen molar-refractivity contribution < 1.29 is 4.79 Å². The zero-order chi connectivity index (χ0) is 10.1. The standard InChI is InChI=1S/C10H19N3O/c1-3-11-10(14)13-6-8-4-12(2)5-9(8)7-13/h8-9H,3-7H2,1-2H3,(H,11,14). The third-order valence-electron chi connectivity index (χ3n) is 3.28. The average Bonchev–Trinajstić information content (AvgIpc) is 2.61. The van der Waals surface area contributed by atoms with Gasteiger partial charge in [0.15, 0.2) is 0 Å². The summed E-state index contributed by atoms with van der Waals surface area (Å²) >= 11 is 0. The van der Waals surface area contributed by atoms with Crippen LogP contribution in [0.25, 0.3) is 0 Å². The number of hydrogen-bond acceptors (Lipinski definition) is 2. The number of nitrogens with one attached hydrogen (secondary N) is 1. The van der Waals surface area contributed by atoms with E-state index in [1.165, 1.54) is 0 Å². The van der Waals surface area contributed by atoms with Gasteiger partial charge in [-0.3, -0.25) is 0 Å². The number of fused-ring (bicyclic) bond motifs is 1. The van der Waals surface area contributed by atoms with Crippen molar-refractivity contribution in [3.63, 3.8) is 0 Å². The molecule has 0 aliphatic carbocycles. The largest absolute Gasteiger partial charge is 0.338 e. The van der Waals surface area contributed by atoms with Gasteiger partial charge in [-0.2, -0.15) is 0 Å². The summed E-state index contributed by atoms with van der Waals surface area (Å²) in [5, 5.41) is 2.86. The molecule has 2 atom stereocenters. The maximum atomic E-state index is 11.6. The van der Waals surface area contributed by atoms with Gasteiger partial charge < -0.3 is 15.1 Å². The van der Waals surface area contributed by atoms with Crippen LogP contribution in [0.5, 0.6) is 0 Å². The van der Waals surface area contributed by atoms with Crippen molar-refractivity contribution in [2.24, 2.45) is 11.8 Å². The summed E-state index contributed by atoms with van der Waals surface area (Å²) in [6.07, 6.45) is 0. The van der Waals surface area contributed by atoms with Crippen LogP contribution in [0.1, 0.15) is 6.92 Å². The smallest absolute Gasteiger partial charge is 0.317 e. The van der Waals surface area contributed by atoms with E-state index in [0.29, 0.717) is 11.8 Å². The number of urea groups is 1. The van der Waals surface area contributed by atoms with Gasteiger partial charge in [0.05, 0.1) is 0 Å². The highest BCUT2D eigenvalue weighted by Gasteiger charge is 2.40. The highest BCUT2D eigenvalue weighted by atomic mass is 16.2. The molecular formula is C10H19N3O. The second-order valence-corrected chi connectivity index (χ2v) is 4.48. The lowest BCUT2D eigenvalue weighted by molar-refractivity contribution is 0.202. The van der Waals surface area contributed by atoms with Gasteiger partial charge in [-0.15, -0.1) is 0 Å². The van der Waals surface area contributed by atoms with E-state index in [0.717, 1.165) is 32.7 Å². The molecule has 0 saturated carbocycles. The van der Waals surface area contributed by atoms with Crippen LogP contribution in [0.2, 0.25) is 0 Å². The Morgan fingerprint density at radius 1 is 1.29 bits per heavy atom. The Balaban J connectivity index is 1.88. The van der Waals surface area contributed by atoms with Gasteiger partial charge in [0.2, 0.25) is 0 Å². The molecule has 2 amide bonds. The van der Waals surface area contributed by atoms with Crippen LogP contribution in [0.15, 0.2) is 0 Å². The third kappa shape index (κ3) is 1.71. The first-order chi connectivity index (χ1) is 6.70. The highest BCUT2D eigenvalue weighted by Crippen LogP contribution is 2.29. The highest BCUT2D eigenvalue weighted by molar-refractivity contribution is 5.74. The van der Waals surface area contributed by atoms with E-state index in [4.69, 9.17) is 0 Å². The van der Waals surface area contributed by atoms with Crippen molar-refractivity contribution in [3.8, 4) is 0 Å². The lowest BCUT2D eigenvalue weighted by Crippen LogP contribution is -2.39. The molecule has 0 aromatic rings. The Morgan fingerprint density at radius 2 is 1.86 bits per heavy atom. The number of nitrogens with zero attached hydrogens (tertiary/aromatic N) is 2. The first kappa shape index (κ1) is 9.77. The fraction of sp³-hybridized carbons (Fsp3) is 0.900. The number of rotatable bonds is 1. The summed E-state index contributed by atoms with van der Waals surface area (Å²) in [5.74, 6) is 1.42. The molecule has 1 N–H and O–H groups in total. The molecule has 4 nitrogen and oxygen atoms in total. The van der Waals surface area contributed by atoms with Crippen molar-refractivity contribution in [1.29, 1.82) is 0 Å². The summed E-state index contributed by atoms with van der Waals surface area (Å²) in [7, 11) is 2.16. The molecule has 2 aliphatic rings. The molecule has 0 radical (unpaired) electrons. The van der Waals surface area contributed by atoms with E-state index in [-0.39, 0.29) is 6.03 Å². The van der Waals surface area contributed by atoms with Crippen LogP contribution in [0.4, 0.5) is 4.79 Å². The molecule has 80 valence electrons. The molecule has 4 heteroatoms. The molecule has 2 saturated heterocycles. The summed E-state index contributed by atoms with van der Waals surface area (Å²) in [6, 6.07) is 0.115. The molecule has 0 bridgehead atoms. The fourth-order valence-electron chi connectivity index (χ4n) is 2.66. The average molecular weight is 197 g/mol. The molecule has 2 aliphatic heterocycles. The quantitative estimate of drug-likeness (QED) is 0.652. The van der Waals surface area contributed by atoms with Crippen molar-refractivity contribution >= 4 is 6.03 Å². The maximum Gasteiger partial charge on any atom is 0.317 e. The van der Waals surface area contributed by atoms with Gasteiger partial charge in [0.25, 0.3) is 0 Å². The summed E-state index contributed by atoms with van der Waals surface area (Å²) in [4.78, 5) is 15.9. The second-order valence-electron chi connectivity index (χ2n) is 4.48. The molecule has 0 spiro atoms. The van der Waals surface area contributed by atoms with Crippen LogP contribution in [0.3, 0.4) is 0 Å². The Hall–Kier alpha value is -0.770. The van der Waals surface area contributed by atoms with Crippen LogP contribution >= 0.6 is 0 Å². The normalized spacial score (nSPS) is 32.0. The topological polar surface area (TPSA) is 35.6 Å². The molecule has 14 heavy (non-hydrogen) atoms. The first-order valence-electron chi connectivity index (χ1n) is 5.42. The van der Waals surface area contributed by atoms with E-state index in [9.17, 15) is 4.79 Å². The minimum Gasteiger partial charge on any atom is -0.338 e. The van der Waals surface area contributed by atoms with Gasteiger partial charge in [-0.05, 0) is 25.8 Å². The molecule has 0 aromatic carbocycles. The maximum absolute atomic E-state index is 11.6. The van der Waals surface area contributed by atoms with E-state index >= 15 is 0 Å². The molecule has 0 aromatic heterocycles. The molecule has 2 heterocycles. The SMILES string of the molecule is CCNC(=O)N1CC2CN(C)CC2C1. The number of hydrogen-bond donors (Lipinski definition) is 1. The van der Waals surface area contributed by atoms with Crippen LogP contribution < -0.4 is 5.32 Å². The van der Waals surface area contributed by atoms with Crippen LogP contribution in [0, 0.1) is 11.8 Å². The lowest BCUT2D eigenvalue weighted by atomic mass is 10.0. The molecular weight excluding hydrogens is 178 g/mol. The van der Waals surface area contributed by atoms with Gasteiger partial charge >= 0.3 is 6.03 Å². The first-order valence-corrected chi connectivity index (χ1v) is 5.42. The van der Waals surface area contributed by atoms with E-state index in [1.54, 1.807) is 0 Å². The second kappa shape index (κ2) is 3.77. The molecule has 2 fully saturated rings. The summed E-state index contributed by atoms with van der Waals surface area (Å²) < 4.78 is 0. The summed E-state index contributed by atoms with van der Waals surface area (Å²) in [6.45, 7) is 6.88. The van der Waals surface area contributed by atoms with Crippen molar-refractivity contribution in [3.05, 3.63) is 0 Å². The Kier molecular flexibility index (Phi) is 2.63. The monoisotopic (exact) mass is 197 g/mol. The van der Waals surface area contributed by atoms with Gasteiger partial charge in [0.1, 0.15) is 0 Å². The third-order valence-corrected chi connectivity index (χ3v) is 3.28. The van der Waals surface area contributed by atoms with E-state index < -0.39 is 0 Å². The van der Waals surface area contributed by atoms with Gasteiger partial charge in [0, 0.05) is 32.7 Å². The zero-order valence-electron chi connectivity index (χ0n) is 8.99. The Morgan fingerprint density at radius 3 is 2.36 bits per heavy atom. The number of carbonyl (C=O) groups is 1. The Labute approximate surface area is 85.2 Å². The Bertz CT molecular complexity index is 217. The minimum absolute atomic E-state index is 0.115. The minimum atomic E-state index is 0.115.